The zero-order valence-corrected chi connectivity index (χ0v) is 12.1. The molecule has 2 rings (SSSR count). The first-order valence-electron chi connectivity index (χ1n) is 6.99. The lowest BCUT2D eigenvalue weighted by atomic mass is 9.81. The van der Waals surface area contributed by atoms with Crippen molar-refractivity contribution in [2.45, 2.75) is 33.1 Å². The molecule has 1 unspecified atom stereocenters. The van der Waals surface area contributed by atoms with Crippen molar-refractivity contribution in [1.82, 2.24) is 4.98 Å². The summed E-state index contributed by atoms with van der Waals surface area (Å²) in [6.07, 6.45) is 4.81. The van der Waals surface area contributed by atoms with Gasteiger partial charge in [-0.2, -0.15) is 0 Å². The number of nitrogens with one attached hydrogen (secondary N) is 1. The van der Waals surface area contributed by atoms with Crippen LogP contribution >= 0.6 is 0 Å². The number of hydrogen-bond acceptors (Lipinski definition) is 3. The second kappa shape index (κ2) is 6.06. The summed E-state index contributed by atoms with van der Waals surface area (Å²) in [6, 6.07) is 3.58. The monoisotopic (exact) mass is 271 g/mol. The molecule has 1 heterocycles. The fourth-order valence-electron chi connectivity index (χ4n) is 2.76. The standard InChI is InChI=1S/C16H21N3O/c1-16(2)8-3-6-13(16)15(20)19-14-11-12(5-4-9-17)7-10-18-14/h7,10-11,13H,3,6,8-9,17H2,1-2H3,(H,18,19,20). The smallest absolute Gasteiger partial charge is 0.229 e. The maximum atomic E-state index is 12.3. The SMILES string of the molecule is CC1(C)CCCC1C(=O)Nc1cc(C#CCN)ccn1. The number of anilines is 1. The summed E-state index contributed by atoms with van der Waals surface area (Å²) in [5, 5.41) is 2.91. The van der Waals surface area contributed by atoms with Crippen molar-refractivity contribution in [2.24, 2.45) is 17.1 Å². The second-order valence-electron chi connectivity index (χ2n) is 5.86. The molecule has 1 atom stereocenters. The third kappa shape index (κ3) is 3.37. The Morgan fingerprint density at radius 3 is 3.05 bits per heavy atom. The summed E-state index contributed by atoms with van der Waals surface area (Å²) in [7, 11) is 0. The Hall–Kier alpha value is -1.86. The van der Waals surface area contributed by atoms with Crippen LogP contribution in [-0.2, 0) is 4.79 Å². The lowest BCUT2D eigenvalue weighted by molar-refractivity contribution is -0.122. The van der Waals surface area contributed by atoms with Gasteiger partial charge in [-0.15, -0.1) is 0 Å². The fourth-order valence-corrected chi connectivity index (χ4v) is 2.76. The summed E-state index contributed by atoms with van der Waals surface area (Å²) < 4.78 is 0. The average molecular weight is 271 g/mol. The molecule has 4 nitrogen and oxygen atoms in total. The fraction of sp³-hybridized carbons (Fsp3) is 0.500. The van der Waals surface area contributed by atoms with Gasteiger partial charge in [0.05, 0.1) is 6.54 Å². The Bertz CT molecular complexity index is 554. The van der Waals surface area contributed by atoms with Crippen molar-refractivity contribution in [3.63, 3.8) is 0 Å². The number of nitrogens with two attached hydrogens (primary N) is 1. The molecule has 20 heavy (non-hydrogen) atoms. The molecule has 1 amide bonds. The topological polar surface area (TPSA) is 68.0 Å². The molecule has 4 heteroatoms. The highest BCUT2D eigenvalue weighted by molar-refractivity contribution is 5.92. The third-order valence-electron chi connectivity index (χ3n) is 3.92. The molecule has 0 radical (unpaired) electrons. The van der Waals surface area contributed by atoms with Crippen LogP contribution in [0.5, 0.6) is 0 Å². The van der Waals surface area contributed by atoms with Crippen molar-refractivity contribution >= 4 is 11.7 Å². The first-order chi connectivity index (χ1) is 9.53. The molecule has 1 aliphatic carbocycles. The molecule has 1 aliphatic rings. The van der Waals surface area contributed by atoms with Gasteiger partial charge in [0.25, 0.3) is 0 Å². The van der Waals surface area contributed by atoms with E-state index in [4.69, 9.17) is 5.73 Å². The van der Waals surface area contributed by atoms with Gasteiger partial charge in [0.15, 0.2) is 0 Å². The molecule has 1 saturated carbocycles. The Morgan fingerprint density at radius 2 is 2.40 bits per heavy atom. The van der Waals surface area contributed by atoms with Gasteiger partial charge < -0.3 is 11.1 Å². The van der Waals surface area contributed by atoms with Crippen molar-refractivity contribution in [1.29, 1.82) is 0 Å². The van der Waals surface area contributed by atoms with Gasteiger partial charge in [-0.25, -0.2) is 4.98 Å². The van der Waals surface area contributed by atoms with Crippen molar-refractivity contribution in [3.8, 4) is 11.8 Å². The van der Waals surface area contributed by atoms with E-state index < -0.39 is 0 Å². The molecular weight excluding hydrogens is 250 g/mol. The molecule has 106 valence electrons. The van der Waals surface area contributed by atoms with Crippen molar-refractivity contribution in [3.05, 3.63) is 23.9 Å². The average Bonchev–Trinajstić information content (AvgIpc) is 2.76. The van der Waals surface area contributed by atoms with E-state index in [1.807, 2.05) is 0 Å². The molecule has 1 fully saturated rings. The van der Waals surface area contributed by atoms with Crippen LogP contribution in [-0.4, -0.2) is 17.4 Å². The van der Waals surface area contributed by atoms with Gasteiger partial charge >= 0.3 is 0 Å². The Kier molecular flexibility index (Phi) is 4.41. The van der Waals surface area contributed by atoms with E-state index in [1.165, 1.54) is 0 Å². The Morgan fingerprint density at radius 1 is 1.60 bits per heavy atom. The highest BCUT2D eigenvalue weighted by atomic mass is 16.2. The lowest BCUT2D eigenvalue weighted by Gasteiger charge is -2.25. The predicted molar refractivity (Wildman–Crippen MR) is 79.9 cm³/mol. The summed E-state index contributed by atoms with van der Waals surface area (Å²) in [6.45, 7) is 4.63. The van der Waals surface area contributed by atoms with Crippen LogP contribution in [0.2, 0.25) is 0 Å². The van der Waals surface area contributed by atoms with Gasteiger partial charge in [0, 0.05) is 17.7 Å². The number of rotatable bonds is 2. The minimum Gasteiger partial charge on any atom is -0.320 e. The Balaban J connectivity index is 2.08. The summed E-state index contributed by atoms with van der Waals surface area (Å²) in [5.41, 5.74) is 6.23. The Labute approximate surface area is 120 Å². The second-order valence-corrected chi connectivity index (χ2v) is 5.86. The number of carbonyl (C=O) groups excluding carboxylic acids is 1. The van der Waals surface area contributed by atoms with Crippen LogP contribution in [0.15, 0.2) is 18.3 Å². The number of amides is 1. The molecule has 0 bridgehead atoms. The zero-order chi connectivity index (χ0) is 14.6. The van der Waals surface area contributed by atoms with E-state index in [9.17, 15) is 4.79 Å². The highest BCUT2D eigenvalue weighted by Gasteiger charge is 2.39. The molecular formula is C16H21N3O. The minimum absolute atomic E-state index is 0.0584. The summed E-state index contributed by atoms with van der Waals surface area (Å²) in [4.78, 5) is 16.5. The largest absolute Gasteiger partial charge is 0.320 e. The molecule has 3 N–H and O–H groups in total. The van der Waals surface area contributed by atoms with E-state index in [2.05, 4.69) is 36.0 Å². The normalized spacial score (nSPS) is 20.1. The number of carbonyl (C=O) groups is 1. The molecule has 0 aliphatic heterocycles. The van der Waals surface area contributed by atoms with Gasteiger partial charge in [0.1, 0.15) is 5.82 Å². The maximum absolute atomic E-state index is 12.3. The zero-order valence-electron chi connectivity index (χ0n) is 12.1. The molecule has 1 aromatic heterocycles. The van der Waals surface area contributed by atoms with E-state index in [0.717, 1.165) is 24.8 Å². The lowest BCUT2D eigenvalue weighted by Crippen LogP contribution is -2.31. The van der Waals surface area contributed by atoms with Gasteiger partial charge in [-0.05, 0) is 30.4 Å². The molecule has 0 saturated heterocycles. The molecule has 0 spiro atoms. The van der Waals surface area contributed by atoms with Crippen molar-refractivity contribution < 1.29 is 4.79 Å². The van der Waals surface area contributed by atoms with E-state index >= 15 is 0 Å². The van der Waals surface area contributed by atoms with E-state index in [1.54, 1.807) is 18.3 Å². The summed E-state index contributed by atoms with van der Waals surface area (Å²) in [5.74, 6) is 6.40. The van der Waals surface area contributed by atoms with Gasteiger partial charge in [-0.1, -0.05) is 32.1 Å². The van der Waals surface area contributed by atoms with E-state index in [0.29, 0.717) is 12.4 Å². The minimum atomic E-state index is 0.0584. The number of nitrogens with zero attached hydrogens (tertiary/aromatic N) is 1. The van der Waals surface area contributed by atoms with Gasteiger partial charge in [-0.3, -0.25) is 4.79 Å². The van der Waals surface area contributed by atoms with Crippen LogP contribution in [0.3, 0.4) is 0 Å². The number of pyridine rings is 1. The molecule has 1 aromatic rings. The van der Waals surface area contributed by atoms with E-state index in [-0.39, 0.29) is 17.2 Å². The predicted octanol–water partition coefficient (Wildman–Crippen LogP) is 2.16. The maximum Gasteiger partial charge on any atom is 0.229 e. The van der Waals surface area contributed by atoms with Crippen LogP contribution in [0.25, 0.3) is 0 Å². The quantitative estimate of drug-likeness (QED) is 0.810. The van der Waals surface area contributed by atoms with Crippen LogP contribution in [0.1, 0.15) is 38.7 Å². The molecule has 0 aromatic carbocycles. The van der Waals surface area contributed by atoms with Crippen molar-refractivity contribution in [2.75, 3.05) is 11.9 Å². The van der Waals surface area contributed by atoms with Crippen LogP contribution in [0, 0.1) is 23.2 Å². The summed E-state index contributed by atoms with van der Waals surface area (Å²) >= 11 is 0. The highest BCUT2D eigenvalue weighted by Crippen LogP contribution is 2.42. The third-order valence-corrected chi connectivity index (χ3v) is 3.92. The first-order valence-corrected chi connectivity index (χ1v) is 6.99. The first kappa shape index (κ1) is 14.5. The van der Waals surface area contributed by atoms with Crippen LogP contribution < -0.4 is 11.1 Å². The van der Waals surface area contributed by atoms with Gasteiger partial charge in [0.2, 0.25) is 5.91 Å². The number of aromatic nitrogens is 1. The van der Waals surface area contributed by atoms with Crippen LogP contribution in [0.4, 0.5) is 5.82 Å². The number of hydrogen-bond donors (Lipinski definition) is 2.